The number of rotatable bonds is 21. The van der Waals surface area contributed by atoms with E-state index in [9.17, 15) is 24.3 Å². The minimum absolute atomic E-state index is 0.00398. The van der Waals surface area contributed by atoms with Gasteiger partial charge in [0.1, 0.15) is 11.8 Å². The molecular formula is C40H69N5O6S. The Bertz CT molecular complexity index is 1300. The van der Waals surface area contributed by atoms with E-state index < -0.39 is 24.1 Å². The van der Waals surface area contributed by atoms with Gasteiger partial charge in [-0.1, -0.05) is 67.0 Å². The number of nitrogens with one attached hydrogen (secondary N) is 1. The van der Waals surface area contributed by atoms with Crippen molar-refractivity contribution < 1.29 is 29.0 Å². The molecule has 296 valence electrons. The molecule has 0 saturated carbocycles. The Morgan fingerprint density at radius 1 is 1.08 bits per heavy atom. The van der Waals surface area contributed by atoms with E-state index in [4.69, 9.17) is 10.5 Å². The number of phenols is 1. The maximum absolute atomic E-state index is 14.4. The molecule has 1 heterocycles. The average Bonchev–Trinajstić information content (AvgIpc) is 3.56. The van der Waals surface area contributed by atoms with Crippen LogP contribution >= 0.6 is 11.8 Å². The second kappa shape index (κ2) is 21.2. The largest absolute Gasteiger partial charge is 0.508 e. The fraction of sp³-hybridized carbons (Fsp3) is 0.750. The van der Waals surface area contributed by atoms with Crippen molar-refractivity contribution in [3.05, 3.63) is 29.8 Å². The molecular weight excluding hydrogens is 679 g/mol. The van der Waals surface area contributed by atoms with Crippen LogP contribution in [0.4, 0.5) is 0 Å². The van der Waals surface area contributed by atoms with Crippen molar-refractivity contribution in [2.75, 3.05) is 41.1 Å². The number of nitrogens with two attached hydrogens (primary N) is 1. The molecule has 1 aliphatic rings. The van der Waals surface area contributed by atoms with Crippen molar-refractivity contribution >= 4 is 35.4 Å². The Kier molecular flexibility index (Phi) is 18.4. The van der Waals surface area contributed by atoms with Gasteiger partial charge in [-0.3, -0.25) is 24.1 Å². The Labute approximate surface area is 318 Å². The quantitative estimate of drug-likeness (QED) is 0.163. The number of nitrogens with zero attached hydrogens (tertiary/aromatic N) is 3. The number of benzene rings is 1. The number of hydrogen-bond donors (Lipinski definition) is 3. The molecule has 4 amide bonds. The zero-order chi connectivity index (χ0) is 39.4. The van der Waals surface area contributed by atoms with Crippen LogP contribution in [0.1, 0.15) is 86.1 Å². The molecule has 12 heteroatoms. The van der Waals surface area contributed by atoms with Crippen LogP contribution < -0.4 is 11.1 Å². The molecule has 1 aromatic carbocycles. The number of likely N-dealkylation sites (tertiary alicyclic amines) is 1. The molecule has 2 rings (SSSR count). The number of carbonyl (C=O) groups is 4. The molecule has 1 aromatic rings. The minimum atomic E-state index is -0.749. The Morgan fingerprint density at radius 2 is 1.73 bits per heavy atom. The highest BCUT2D eigenvalue weighted by molar-refractivity contribution is 7.99. The minimum Gasteiger partial charge on any atom is -0.508 e. The van der Waals surface area contributed by atoms with Gasteiger partial charge in [-0.25, -0.2) is 0 Å². The molecule has 9 atom stereocenters. The van der Waals surface area contributed by atoms with Gasteiger partial charge in [-0.2, -0.15) is 11.8 Å². The lowest BCUT2D eigenvalue weighted by Gasteiger charge is -2.42. The van der Waals surface area contributed by atoms with E-state index in [1.54, 1.807) is 43.0 Å². The first-order valence-electron chi connectivity index (χ1n) is 19.1. The summed E-state index contributed by atoms with van der Waals surface area (Å²) in [6.07, 6.45) is 5.32. The third kappa shape index (κ3) is 11.8. The molecule has 1 fully saturated rings. The number of methoxy groups -OCH3 is 1. The summed E-state index contributed by atoms with van der Waals surface area (Å²) in [7, 11) is 7.06. The molecule has 11 nitrogen and oxygen atoms in total. The predicted octanol–water partition coefficient (Wildman–Crippen LogP) is 4.79. The van der Waals surface area contributed by atoms with Crippen molar-refractivity contribution in [2.24, 2.45) is 35.3 Å². The van der Waals surface area contributed by atoms with Crippen molar-refractivity contribution in [2.45, 2.75) is 123 Å². The van der Waals surface area contributed by atoms with Gasteiger partial charge >= 0.3 is 0 Å². The SMILES string of the molecule is CCC(C)C(C(CC(=O)N1CCCC1C(C(CCc1cccc(O)c1)SC)C(C)C(N)=O)OC)N(C)C(=O)C(NC(=O)C(C(C)C)N(C)C)C(C)C. The van der Waals surface area contributed by atoms with Gasteiger partial charge in [0.05, 0.1) is 24.6 Å². The predicted molar refractivity (Wildman–Crippen MR) is 211 cm³/mol. The van der Waals surface area contributed by atoms with E-state index >= 15 is 0 Å². The highest BCUT2D eigenvalue weighted by atomic mass is 32.2. The van der Waals surface area contributed by atoms with Gasteiger partial charge in [0, 0.05) is 43.8 Å². The summed E-state index contributed by atoms with van der Waals surface area (Å²) in [5, 5.41) is 13.1. The summed E-state index contributed by atoms with van der Waals surface area (Å²) in [4.78, 5) is 60.3. The standard InChI is InChI=1S/C40H69N5O6S/c1-13-26(6)37(44(10)40(50)35(24(2)3)42-39(49)36(25(4)5)43(8)9)31(51-11)23-33(47)45-21-15-18-30(45)34(27(7)38(41)48)32(52-12)20-19-28-16-14-17-29(46)22-28/h14,16-17,22,24-27,30-32,34-37,46H,13,15,18-21,23H2,1-12H3,(H2,41,48)(H,42,49). The molecule has 1 saturated heterocycles. The molecule has 52 heavy (non-hydrogen) atoms. The Balaban J connectivity index is 2.38. The van der Waals surface area contributed by atoms with Crippen LogP contribution in [0.5, 0.6) is 5.75 Å². The normalized spacial score (nSPS) is 19.5. The molecule has 9 unspecified atom stereocenters. The number of aryl methyl sites for hydroxylation is 1. The van der Waals surface area contributed by atoms with Crippen molar-refractivity contribution in [3.8, 4) is 5.75 Å². The summed E-state index contributed by atoms with van der Waals surface area (Å²) in [6.45, 7) is 14.4. The lowest BCUT2D eigenvalue weighted by atomic mass is 9.80. The maximum atomic E-state index is 14.4. The Morgan fingerprint density at radius 3 is 2.23 bits per heavy atom. The third-order valence-corrected chi connectivity index (χ3v) is 12.4. The number of aromatic hydroxyl groups is 1. The number of phenolic OH excluding ortho intramolecular Hbond substituents is 1. The van der Waals surface area contributed by atoms with E-state index in [-0.39, 0.29) is 76.8 Å². The Hall–Kier alpha value is -2.83. The van der Waals surface area contributed by atoms with Gasteiger partial charge < -0.3 is 30.7 Å². The van der Waals surface area contributed by atoms with E-state index in [0.29, 0.717) is 6.54 Å². The summed E-state index contributed by atoms with van der Waals surface area (Å²) in [5.41, 5.74) is 6.96. The number of primary amides is 1. The molecule has 1 aliphatic heterocycles. The van der Waals surface area contributed by atoms with Crippen LogP contribution in [-0.4, -0.2) is 120 Å². The van der Waals surface area contributed by atoms with Crippen molar-refractivity contribution in [1.29, 1.82) is 0 Å². The van der Waals surface area contributed by atoms with Crippen LogP contribution in [0.3, 0.4) is 0 Å². The number of amides is 4. The second-order valence-corrected chi connectivity index (χ2v) is 16.8. The van der Waals surface area contributed by atoms with Gasteiger partial charge in [-0.05, 0) is 81.5 Å². The number of carbonyl (C=O) groups excluding carboxylic acids is 4. The van der Waals surface area contributed by atoms with Crippen molar-refractivity contribution in [1.82, 2.24) is 20.0 Å². The highest BCUT2D eigenvalue weighted by Crippen LogP contribution is 2.38. The lowest BCUT2D eigenvalue weighted by molar-refractivity contribution is -0.146. The maximum Gasteiger partial charge on any atom is 0.245 e. The summed E-state index contributed by atoms with van der Waals surface area (Å²) in [6, 6.07) is 5.48. The fourth-order valence-electron chi connectivity index (χ4n) is 8.21. The summed E-state index contributed by atoms with van der Waals surface area (Å²) < 4.78 is 6.07. The van der Waals surface area contributed by atoms with E-state index in [1.165, 1.54) is 0 Å². The number of likely N-dealkylation sites (N-methyl/N-ethyl adjacent to an activating group) is 2. The highest BCUT2D eigenvalue weighted by Gasteiger charge is 2.44. The number of hydrogen-bond acceptors (Lipinski definition) is 8. The van der Waals surface area contributed by atoms with Crippen LogP contribution in [0.25, 0.3) is 0 Å². The van der Waals surface area contributed by atoms with Crippen LogP contribution in [0.2, 0.25) is 0 Å². The van der Waals surface area contributed by atoms with E-state index in [2.05, 4.69) is 19.2 Å². The average molecular weight is 748 g/mol. The third-order valence-electron chi connectivity index (χ3n) is 11.2. The second-order valence-electron chi connectivity index (χ2n) is 15.7. The first-order valence-corrected chi connectivity index (χ1v) is 20.4. The fourth-order valence-corrected chi connectivity index (χ4v) is 9.29. The van der Waals surface area contributed by atoms with E-state index in [1.807, 2.05) is 76.9 Å². The summed E-state index contributed by atoms with van der Waals surface area (Å²) >= 11 is 1.69. The van der Waals surface area contributed by atoms with Gasteiger partial charge in [-0.15, -0.1) is 0 Å². The zero-order valence-corrected chi connectivity index (χ0v) is 34.7. The topological polar surface area (TPSA) is 146 Å². The molecule has 0 radical (unpaired) electrons. The first-order chi connectivity index (χ1) is 24.4. The molecule has 4 N–H and O–H groups in total. The molecule has 0 aromatic heterocycles. The van der Waals surface area contributed by atoms with E-state index in [0.717, 1.165) is 37.7 Å². The van der Waals surface area contributed by atoms with Gasteiger partial charge in [0.2, 0.25) is 23.6 Å². The van der Waals surface area contributed by atoms with Gasteiger partial charge in [0.25, 0.3) is 0 Å². The number of thioether (sulfide) groups is 1. The van der Waals surface area contributed by atoms with Crippen molar-refractivity contribution in [3.63, 3.8) is 0 Å². The molecule has 0 bridgehead atoms. The van der Waals surface area contributed by atoms with Crippen LogP contribution in [-0.2, 0) is 30.3 Å². The smallest absolute Gasteiger partial charge is 0.245 e. The zero-order valence-electron chi connectivity index (χ0n) is 33.9. The number of ether oxygens (including phenoxy) is 1. The monoisotopic (exact) mass is 747 g/mol. The van der Waals surface area contributed by atoms with Gasteiger partial charge in [0.15, 0.2) is 0 Å². The van der Waals surface area contributed by atoms with Crippen LogP contribution in [0, 0.1) is 29.6 Å². The lowest BCUT2D eigenvalue weighted by Crippen LogP contribution is -2.59. The molecule has 0 aliphatic carbocycles. The first kappa shape index (κ1) is 45.3. The molecule has 0 spiro atoms. The summed E-state index contributed by atoms with van der Waals surface area (Å²) in [5.74, 6) is -1.38. The van der Waals surface area contributed by atoms with Crippen LogP contribution in [0.15, 0.2) is 24.3 Å².